The molecule has 5 heteroatoms. The molecule has 0 radical (unpaired) electrons. The Morgan fingerprint density at radius 2 is 1.96 bits per heavy atom. The summed E-state index contributed by atoms with van der Waals surface area (Å²) in [5, 5.41) is 21.5. The summed E-state index contributed by atoms with van der Waals surface area (Å²) in [5.74, 6) is -0.458. The average molecular weight is 335 g/mol. The van der Waals surface area contributed by atoms with Crippen molar-refractivity contribution in [1.29, 1.82) is 5.26 Å². The third-order valence-corrected chi connectivity index (χ3v) is 3.64. The van der Waals surface area contributed by atoms with Crippen molar-refractivity contribution < 1.29 is 9.90 Å². The second-order valence-electron chi connectivity index (χ2n) is 5.91. The maximum atomic E-state index is 12.4. The molecule has 0 aliphatic heterocycles. The third kappa shape index (κ3) is 5.40. The van der Waals surface area contributed by atoms with Gasteiger partial charge in [0.2, 0.25) is 0 Å². The number of nitriles is 1. The predicted molar refractivity (Wildman–Crippen MR) is 97.6 cm³/mol. The lowest BCUT2D eigenvalue weighted by molar-refractivity contribution is -0.112. The normalized spacial score (nSPS) is 11.0. The van der Waals surface area contributed by atoms with Gasteiger partial charge in [-0.1, -0.05) is 36.4 Å². The molecule has 5 nitrogen and oxygen atoms in total. The zero-order chi connectivity index (χ0) is 18.2. The summed E-state index contributed by atoms with van der Waals surface area (Å²) in [4.78, 5) is 14.3. The number of phenolic OH excluding ortho intramolecular Hbond substituents is 1. The Labute approximate surface area is 147 Å². The molecule has 0 aromatic heterocycles. The SMILES string of the molecule is CC(C)N(/C=C(/C#N)C(=O)Nc1cccc(O)c1)Cc1ccccc1. The highest BCUT2D eigenvalue weighted by Gasteiger charge is 2.14. The Morgan fingerprint density at radius 3 is 2.56 bits per heavy atom. The van der Waals surface area contributed by atoms with Gasteiger partial charge in [0.15, 0.2) is 0 Å². The molecule has 0 aliphatic rings. The highest BCUT2D eigenvalue weighted by molar-refractivity contribution is 6.06. The second-order valence-corrected chi connectivity index (χ2v) is 5.91. The summed E-state index contributed by atoms with van der Waals surface area (Å²) in [6.45, 7) is 4.60. The summed E-state index contributed by atoms with van der Waals surface area (Å²) in [6, 6.07) is 18.1. The quantitative estimate of drug-likeness (QED) is 0.624. The van der Waals surface area contributed by atoms with Gasteiger partial charge >= 0.3 is 0 Å². The van der Waals surface area contributed by atoms with Crippen LogP contribution in [0, 0.1) is 11.3 Å². The molecule has 0 atom stereocenters. The van der Waals surface area contributed by atoms with E-state index in [0.29, 0.717) is 12.2 Å². The molecule has 1 amide bonds. The number of benzene rings is 2. The number of hydrogen-bond acceptors (Lipinski definition) is 4. The van der Waals surface area contributed by atoms with Crippen molar-refractivity contribution in [3.05, 3.63) is 71.9 Å². The summed E-state index contributed by atoms with van der Waals surface area (Å²) in [5.41, 5.74) is 1.54. The zero-order valence-electron chi connectivity index (χ0n) is 14.3. The van der Waals surface area contributed by atoms with Gasteiger partial charge in [0, 0.05) is 30.5 Å². The van der Waals surface area contributed by atoms with Gasteiger partial charge in [-0.3, -0.25) is 4.79 Å². The minimum Gasteiger partial charge on any atom is -0.508 e. The molecule has 0 spiro atoms. The van der Waals surface area contributed by atoms with Gasteiger partial charge in [0.1, 0.15) is 17.4 Å². The van der Waals surface area contributed by atoms with Crippen molar-refractivity contribution in [2.24, 2.45) is 0 Å². The van der Waals surface area contributed by atoms with E-state index in [1.54, 1.807) is 18.3 Å². The van der Waals surface area contributed by atoms with Gasteiger partial charge in [-0.2, -0.15) is 5.26 Å². The standard InChI is InChI=1S/C20H21N3O2/c1-15(2)23(13-16-7-4-3-5-8-16)14-17(12-21)20(25)22-18-9-6-10-19(24)11-18/h3-11,14-15,24H,13H2,1-2H3,(H,22,25)/b17-14-. The van der Waals surface area contributed by atoms with Crippen LogP contribution in [-0.2, 0) is 11.3 Å². The molecule has 2 N–H and O–H groups in total. The molecular formula is C20H21N3O2. The molecule has 0 bridgehead atoms. The number of hydrogen-bond donors (Lipinski definition) is 2. The Balaban J connectivity index is 2.17. The fourth-order valence-electron chi connectivity index (χ4n) is 2.26. The molecule has 2 aromatic carbocycles. The summed E-state index contributed by atoms with van der Waals surface area (Å²) >= 11 is 0. The van der Waals surface area contributed by atoms with Crippen LogP contribution in [-0.4, -0.2) is 22.0 Å². The molecule has 0 saturated heterocycles. The molecule has 25 heavy (non-hydrogen) atoms. The lowest BCUT2D eigenvalue weighted by atomic mass is 10.2. The Kier molecular flexibility index (Phi) is 6.19. The van der Waals surface area contributed by atoms with Gasteiger partial charge in [0.05, 0.1) is 0 Å². The largest absolute Gasteiger partial charge is 0.508 e. The number of anilines is 1. The maximum Gasteiger partial charge on any atom is 0.267 e. The van der Waals surface area contributed by atoms with E-state index in [4.69, 9.17) is 0 Å². The van der Waals surface area contributed by atoms with Crippen LogP contribution < -0.4 is 5.32 Å². The first kappa shape index (κ1) is 18.1. The van der Waals surface area contributed by atoms with E-state index in [1.165, 1.54) is 12.1 Å². The highest BCUT2D eigenvalue weighted by Crippen LogP contribution is 2.17. The topological polar surface area (TPSA) is 76.4 Å². The first-order valence-electron chi connectivity index (χ1n) is 8.01. The Hall–Kier alpha value is -3.26. The number of nitrogens with one attached hydrogen (secondary N) is 1. The first-order valence-corrected chi connectivity index (χ1v) is 8.01. The molecule has 128 valence electrons. The van der Waals surface area contributed by atoms with Crippen LogP contribution in [0.1, 0.15) is 19.4 Å². The molecule has 2 aromatic rings. The molecule has 0 heterocycles. The molecule has 2 rings (SSSR count). The van der Waals surface area contributed by atoms with Gasteiger partial charge in [-0.25, -0.2) is 0 Å². The van der Waals surface area contributed by atoms with Crippen LogP contribution >= 0.6 is 0 Å². The second kappa shape index (κ2) is 8.55. The number of nitrogens with zero attached hydrogens (tertiary/aromatic N) is 2. The van der Waals surface area contributed by atoms with Crippen LogP contribution in [0.15, 0.2) is 66.4 Å². The summed E-state index contributed by atoms with van der Waals surface area (Å²) in [7, 11) is 0. The highest BCUT2D eigenvalue weighted by atomic mass is 16.3. The zero-order valence-corrected chi connectivity index (χ0v) is 14.3. The minimum absolute atomic E-state index is 0.00738. The number of carbonyl (C=O) groups is 1. The number of carbonyl (C=O) groups excluding carboxylic acids is 1. The van der Waals surface area contributed by atoms with E-state index in [9.17, 15) is 15.2 Å². The van der Waals surface area contributed by atoms with E-state index in [2.05, 4.69) is 5.32 Å². The number of rotatable bonds is 6. The third-order valence-electron chi connectivity index (χ3n) is 3.64. The fraction of sp³-hybridized carbons (Fsp3) is 0.200. The molecule has 0 saturated carbocycles. The summed E-state index contributed by atoms with van der Waals surface area (Å²) < 4.78 is 0. The smallest absolute Gasteiger partial charge is 0.267 e. The van der Waals surface area contributed by atoms with Crippen molar-refractivity contribution in [2.45, 2.75) is 26.4 Å². The summed E-state index contributed by atoms with van der Waals surface area (Å²) in [6.07, 6.45) is 1.58. The number of aromatic hydroxyl groups is 1. The van der Waals surface area contributed by atoms with Gasteiger partial charge < -0.3 is 15.3 Å². The van der Waals surface area contributed by atoms with Crippen molar-refractivity contribution in [3.8, 4) is 11.8 Å². The van der Waals surface area contributed by atoms with E-state index in [-0.39, 0.29) is 17.4 Å². The van der Waals surface area contributed by atoms with Crippen molar-refractivity contribution in [1.82, 2.24) is 4.90 Å². The predicted octanol–water partition coefficient (Wildman–Crippen LogP) is 3.65. The van der Waals surface area contributed by atoms with E-state index >= 15 is 0 Å². The maximum absolute atomic E-state index is 12.4. The van der Waals surface area contributed by atoms with Gasteiger partial charge in [-0.05, 0) is 31.5 Å². The van der Waals surface area contributed by atoms with Gasteiger partial charge in [0.25, 0.3) is 5.91 Å². The molecule has 0 aliphatic carbocycles. The lowest BCUT2D eigenvalue weighted by Crippen LogP contribution is -2.27. The average Bonchev–Trinajstić information content (AvgIpc) is 2.59. The monoisotopic (exact) mass is 335 g/mol. The van der Waals surface area contributed by atoms with Crippen LogP contribution in [0.25, 0.3) is 0 Å². The van der Waals surface area contributed by atoms with E-state index < -0.39 is 5.91 Å². The van der Waals surface area contributed by atoms with E-state index in [0.717, 1.165) is 5.56 Å². The van der Waals surface area contributed by atoms with Crippen LogP contribution in [0.2, 0.25) is 0 Å². The molecular weight excluding hydrogens is 314 g/mol. The van der Waals surface area contributed by atoms with Crippen molar-refractivity contribution >= 4 is 11.6 Å². The fourth-order valence-corrected chi connectivity index (χ4v) is 2.26. The lowest BCUT2D eigenvalue weighted by Gasteiger charge is -2.25. The number of phenols is 1. The van der Waals surface area contributed by atoms with Crippen molar-refractivity contribution in [2.75, 3.05) is 5.32 Å². The van der Waals surface area contributed by atoms with Gasteiger partial charge in [-0.15, -0.1) is 0 Å². The van der Waals surface area contributed by atoms with Crippen LogP contribution in [0.4, 0.5) is 5.69 Å². The molecule has 0 unspecified atom stereocenters. The first-order chi connectivity index (χ1) is 12.0. The van der Waals surface area contributed by atoms with Crippen LogP contribution in [0.3, 0.4) is 0 Å². The van der Waals surface area contributed by atoms with E-state index in [1.807, 2.05) is 55.1 Å². The molecule has 0 fully saturated rings. The number of amides is 1. The Morgan fingerprint density at radius 1 is 1.24 bits per heavy atom. The van der Waals surface area contributed by atoms with Crippen molar-refractivity contribution in [3.63, 3.8) is 0 Å². The Bertz CT molecular complexity index is 792. The minimum atomic E-state index is -0.508. The van der Waals surface area contributed by atoms with Crippen LogP contribution in [0.5, 0.6) is 5.75 Å².